The fraction of sp³-hybridized carbons (Fsp3) is 0.474. The number of rotatable bonds is 4. The molecule has 1 atom stereocenters. The summed E-state index contributed by atoms with van der Waals surface area (Å²) in [5.74, 6) is -0.155. The third kappa shape index (κ3) is 3.72. The highest BCUT2D eigenvalue weighted by Crippen LogP contribution is 2.43. The molecule has 5 heterocycles. The van der Waals surface area contributed by atoms with Crippen LogP contribution in [0, 0.1) is 5.41 Å². The number of aromatic nitrogens is 5. The van der Waals surface area contributed by atoms with Crippen molar-refractivity contribution in [3.8, 4) is 0 Å². The second kappa shape index (κ2) is 7.85. The van der Waals surface area contributed by atoms with E-state index in [0.717, 1.165) is 31.0 Å². The first-order valence-electron chi connectivity index (χ1n) is 10.0. The molecule has 0 bridgehead atoms. The molecule has 2 fully saturated rings. The molecule has 1 unspecified atom stereocenters. The van der Waals surface area contributed by atoms with E-state index in [1.807, 2.05) is 4.90 Å². The monoisotopic (exact) mass is 443 g/mol. The molecule has 5 rings (SSSR count). The molecule has 31 heavy (non-hydrogen) atoms. The normalized spacial score (nSPS) is 20.4. The minimum atomic E-state index is -0.538. The van der Waals surface area contributed by atoms with Crippen molar-refractivity contribution < 1.29 is 14.3 Å². The molecule has 12 heteroatoms. The number of aromatic amines is 1. The Labute approximate surface area is 180 Å². The predicted molar refractivity (Wildman–Crippen MR) is 110 cm³/mol. The number of imidazole rings is 1. The Morgan fingerprint density at radius 1 is 1.32 bits per heavy atom. The van der Waals surface area contributed by atoms with E-state index in [4.69, 9.17) is 4.74 Å². The van der Waals surface area contributed by atoms with Gasteiger partial charge >= 0.3 is 0 Å². The SMILES string of the molecule is O=C(NCC1CC2(CCOCC2)CN1C(=O)c1cnc2nccn2c1)c1ns[nH]c1=O. The zero-order chi connectivity index (χ0) is 21.4. The van der Waals surface area contributed by atoms with E-state index in [-0.39, 0.29) is 29.6 Å². The predicted octanol–water partition coefficient (Wildman–Crippen LogP) is 0.315. The number of carbonyl (C=O) groups is 2. The quantitative estimate of drug-likeness (QED) is 0.593. The van der Waals surface area contributed by atoms with Gasteiger partial charge in [0.15, 0.2) is 0 Å². The van der Waals surface area contributed by atoms with Crippen molar-refractivity contribution in [2.75, 3.05) is 26.3 Å². The number of amides is 2. The van der Waals surface area contributed by atoms with E-state index in [1.54, 1.807) is 23.0 Å². The van der Waals surface area contributed by atoms with Crippen LogP contribution in [0.25, 0.3) is 5.78 Å². The molecular weight excluding hydrogens is 422 g/mol. The van der Waals surface area contributed by atoms with Gasteiger partial charge in [0.05, 0.1) is 5.56 Å². The average Bonchev–Trinajstić information content (AvgIpc) is 3.50. The summed E-state index contributed by atoms with van der Waals surface area (Å²) >= 11 is 0.833. The largest absolute Gasteiger partial charge is 0.381 e. The summed E-state index contributed by atoms with van der Waals surface area (Å²) in [6.07, 6.45) is 9.11. The lowest BCUT2D eigenvalue weighted by Gasteiger charge is -2.33. The maximum atomic E-state index is 13.4. The van der Waals surface area contributed by atoms with Crippen LogP contribution in [0.3, 0.4) is 0 Å². The molecule has 0 radical (unpaired) electrons. The van der Waals surface area contributed by atoms with Crippen molar-refractivity contribution in [1.82, 2.24) is 33.3 Å². The molecule has 2 amide bonds. The van der Waals surface area contributed by atoms with Crippen molar-refractivity contribution >= 4 is 29.3 Å². The summed E-state index contributed by atoms with van der Waals surface area (Å²) in [6, 6.07) is -0.203. The molecule has 3 aromatic heterocycles. The zero-order valence-corrected chi connectivity index (χ0v) is 17.4. The van der Waals surface area contributed by atoms with Gasteiger partial charge in [-0.3, -0.25) is 23.2 Å². The number of nitrogens with one attached hydrogen (secondary N) is 2. The summed E-state index contributed by atoms with van der Waals surface area (Å²) in [5, 5.41) is 2.78. The van der Waals surface area contributed by atoms with E-state index >= 15 is 0 Å². The van der Waals surface area contributed by atoms with E-state index in [2.05, 4.69) is 24.0 Å². The van der Waals surface area contributed by atoms with Gasteiger partial charge < -0.3 is 15.0 Å². The molecule has 2 N–H and O–H groups in total. The highest BCUT2D eigenvalue weighted by Gasteiger charge is 2.46. The van der Waals surface area contributed by atoms with Crippen LogP contribution in [-0.2, 0) is 4.74 Å². The number of likely N-dealkylation sites (tertiary alicyclic amines) is 1. The summed E-state index contributed by atoms with van der Waals surface area (Å²) in [7, 11) is 0. The number of carbonyl (C=O) groups excluding carboxylic acids is 2. The lowest BCUT2D eigenvalue weighted by atomic mass is 9.78. The van der Waals surface area contributed by atoms with Gasteiger partial charge in [-0.1, -0.05) is 0 Å². The first-order chi connectivity index (χ1) is 15.0. The summed E-state index contributed by atoms with van der Waals surface area (Å²) in [6.45, 7) is 2.16. The summed E-state index contributed by atoms with van der Waals surface area (Å²) < 4.78 is 13.5. The van der Waals surface area contributed by atoms with Gasteiger partial charge in [-0.15, -0.1) is 0 Å². The van der Waals surface area contributed by atoms with Gasteiger partial charge in [-0.2, -0.15) is 4.37 Å². The lowest BCUT2D eigenvalue weighted by Crippen LogP contribution is -2.44. The second-order valence-corrected chi connectivity index (χ2v) is 8.62. The van der Waals surface area contributed by atoms with Gasteiger partial charge in [0.25, 0.3) is 17.4 Å². The Morgan fingerprint density at radius 2 is 2.16 bits per heavy atom. The maximum absolute atomic E-state index is 13.4. The van der Waals surface area contributed by atoms with Gasteiger partial charge in [-0.05, 0) is 24.7 Å². The molecule has 2 aliphatic heterocycles. The molecule has 1 spiro atoms. The van der Waals surface area contributed by atoms with Gasteiger partial charge in [-0.25, -0.2) is 9.97 Å². The van der Waals surface area contributed by atoms with Crippen LogP contribution < -0.4 is 10.9 Å². The Kier molecular flexibility index (Phi) is 5.02. The number of fused-ring (bicyclic) bond motifs is 1. The molecule has 0 saturated carbocycles. The van der Waals surface area contributed by atoms with Crippen LogP contribution >= 0.6 is 11.7 Å². The smallest absolute Gasteiger partial charge is 0.291 e. The van der Waals surface area contributed by atoms with Crippen LogP contribution in [-0.4, -0.2) is 72.2 Å². The van der Waals surface area contributed by atoms with Crippen LogP contribution in [0.2, 0.25) is 0 Å². The average molecular weight is 443 g/mol. The Morgan fingerprint density at radius 3 is 2.94 bits per heavy atom. The van der Waals surface area contributed by atoms with Crippen LogP contribution in [0.1, 0.15) is 40.1 Å². The summed E-state index contributed by atoms with van der Waals surface area (Å²) in [5.41, 5.74) is -0.241. The molecule has 11 nitrogen and oxygen atoms in total. The minimum Gasteiger partial charge on any atom is -0.381 e. The topological polar surface area (TPSA) is 135 Å². The fourth-order valence-electron chi connectivity index (χ4n) is 4.48. The molecule has 0 aromatic carbocycles. The number of ether oxygens (including phenoxy) is 1. The van der Waals surface area contributed by atoms with Crippen molar-refractivity contribution in [3.63, 3.8) is 0 Å². The first-order valence-corrected chi connectivity index (χ1v) is 10.8. The van der Waals surface area contributed by atoms with Crippen LogP contribution in [0.15, 0.2) is 29.6 Å². The zero-order valence-electron chi connectivity index (χ0n) is 16.6. The molecular formula is C19H21N7O4S. The van der Waals surface area contributed by atoms with E-state index < -0.39 is 11.5 Å². The third-order valence-electron chi connectivity index (χ3n) is 6.13. The minimum absolute atomic E-state index is 0.0338. The van der Waals surface area contributed by atoms with Gasteiger partial charge in [0.2, 0.25) is 11.5 Å². The number of hydrogen-bond acceptors (Lipinski definition) is 8. The third-order valence-corrected chi connectivity index (χ3v) is 6.68. The number of nitrogens with zero attached hydrogens (tertiary/aromatic N) is 5. The first kappa shape index (κ1) is 19.8. The Balaban J connectivity index is 1.38. The van der Waals surface area contributed by atoms with Gasteiger partial charge in [0.1, 0.15) is 0 Å². The number of hydrogen-bond donors (Lipinski definition) is 2. The van der Waals surface area contributed by atoms with Crippen molar-refractivity contribution in [1.29, 1.82) is 0 Å². The van der Waals surface area contributed by atoms with Crippen molar-refractivity contribution in [2.45, 2.75) is 25.3 Å². The van der Waals surface area contributed by atoms with Crippen molar-refractivity contribution in [2.24, 2.45) is 5.41 Å². The van der Waals surface area contributed by atoms with Gasteiger partial charge in [0, 0.05) is 68.9 Å². The Bertz CT molecular complexity index is 1180. The standard InChI is InChI=1S/C19H21N7O4S/c27-15(14-16(28)24-31-23-14)21-9-13-7-19(1-5-30-6-2-19)11-26(13)17(29)12-8-22-18-20-3-4-25(18)10-12/h3-4,8,10,13H,1-2,5-7,9,11H2,(H,21,27)(H,24,28). The maximum Gasteiger partial charge on any atom is 0.291 e. The highest BCUT2D eigenvalue weighted by molar-refractivity contribution is 6.99. The van der Waals surface area contributed by atoms with Crippen molar-refractivity contribution in [3.05, 3.63) is 46.4 Å². The molecule has 2 saturated heterocycles. The van der Waals surface area contributed by atoms with Crippen LogP contribution in [0.5, 0.6) is 0 Å². The Hall–Kier alpha value is -3.12. The van der Waals surface area contributed by atoms with Crippen LogP contribution in [0.4, 0.5) is 0 Å². The van der Waals surface area contributed by atoms with E-state index in [9.17, 15) is 14.4 Å². The van der Waals surface area contributed by atoms with E-state index in [0.29, 0.717) is 31.1 Å². The fourth-order valence-corrected chi connectivity index (χ4v) is 4.97. The lowest BCUT2D eigenvalue weighted by molar-refractivity contribution is 0.0190. The molecule has 3 aromatic rings. The van der Waals surface area contributed by atoms with E-state index in [1.165, 1.54) is 6.20 Å². The second-order valence-electron chi connectivity index (χ2n) is 8.05. The molecule has 0 aliphatic carbocycles. The highest BCUT2D eigenvalue weighted by atomic mass is 32.1. The summed E-state index contributed by atoms with van der Waals surface area (Å²) in [4.78, 5) is 47.7. The molecule has 2 aliphatic rings. The number of H-pyrrole nitrogens is 1. The molecule has 162 valence electrons.